The average Bonchev–Trinajstić information content (AvgIpc) is 2.88. The molecule has 0 saturated carbocycles. The predicted octanol–water partition coefficient (Wildman–Crippen LogP) is -0.730. The smallest absolute Gasteiger partial charge is 0.268 e. The normalized spacial score (nSPS) is 30.5. The molecule has 1 saturated heterocycles. The van der Waals surface area contributed by atoms with Crippen LogP contribution in [0.2, 0.25) is 0 Å². The van der Waals surface area contributed by atoms with Crippen LogP contribution in [0, 0.1) is 0 Å². The van der Waals surface area contributed by atoms with E-state index in [1.54, 1.807) is 16.1 Å². The van der Waals surface area contributed by atoms with Gasteiger partial charge in [-0.3, -0.25) is 8.75 Å². The molecule has 0 amide bonds. The van der Waals surface area contributed by atoms with Gasteiger partial charge in [0.2, 0.25) is 0 Å². The maximum Gasteiger partial charge on any atom is 0.268 e. The van der Waals surface area contributed by atoms with Crippen molar-refractivity contribution >= 4 is 21.6 Å². The summed E-state index contributed by atoms with van der Waals surface area (Å²) < 4.78 is 13.3. The molecule has 1 fully saturated rings. The Labute approximate surface area is 147 Å². The molecule has 5 unspecified atom stereocenters. The van der Waals surface area contributed by atoms with E-state index in [1.807, 2.05) is 12.1 Å². The van der Waals surface area contributed by atoms with E-state index < -0.39 is 37.3 Å². The van der Waals surface area contributed by atoms with Gasteiger partial charge in [0.15, 0.2) is 6.29 Å². The maximum atomic E-state index is 12.3. The van der Waals surface area contributed by atoms with Gasteiger partial charge in [0.05, 0.1) is 35.9 Å². The first-order valence-corrected chi connectivity index (χ1v) is 8.79. The summed E-state index contributed by atoms with van der Waals surface area (Å²) in [6.07, 6.45) is -5.96. The van der Waals surface area contributed by atoms with E-state index in [2.05, 4.69) is 0 Å². The first-order valence-electron chi connectivity index (χ1n) is 8.02. The second-order valence-corrected chi connectivity index (χ2v) is 7.02. The van der Waals surface area contributed by atoms with Crippen molar-refractivity contribution < 1.29 is 29.9 Å². The van der Waals surface area contributed by atoms with Crippen molar-refractivity contribution in [1.82, 2.24) is 3.96 Å². The van der Waals surface area contributed by atoms with Crippen LogP contribution in [-0.2, 0) is 16.0 Å². The Morgan fingerprint density at radius 3 is 2.72 bits per heavy atom. The molecule has 9 heteroatoms. The zero-order valence-corrected chi connectivity index (χ0v) is 14.2. The standard InChI is InChI=1S/C16H21NO7S/c18-8-12-14(21)10(19)7-11(20)16(24-12)23-6-5-17-15(22)9-3-1-2-4-13(9)25-17/h1-4,10-12,14,16,18-21H,5-8H2. The highest BCUT2D eigenvalue weighted by Crippen LogP contribution is 2.21. The fourth-order valence-corrected chi connectivity index (χ4v) is 3.78. The molecule has 0 aliphatic carbocycles. The van der Waals surface area contributed by atoms with E-state index in [0.29, 0.717) is 5.39 Å². The minimum atomic E-state index is -1.31. The number of fused-ring (bicyclic) bond motifs is 1. The SMILES string of the molecule is O=c1c2ccccc2sn1CCOC1OC(CO)C(O)C(O)CC1O. The first kappa shape index (κ1) is 18.5. The molecule has 8 nitrogen and oxygen atoms in total. The van der Waals surface area contributed by atoms with Crippen LogP contribution in [0.4, 0.5) is 0 Å². The molecule has 1 aliphatic heterocycles. The van der Waals surface area contributed by atoms with Crippen LogP contribution in [-0.4, -0.2) is 68.3 Å². The van der Waals surface area contributed by atoms with Gasteiger partial charge in [-0.1, -0.05) is 23.7 Å². The average molecular weight is 371 g/mol. The number of hydrogen-bond donors (Lipinski definition) is 4. The van der Waals surface area contributed by atoms with Gasteiger partial charge >= 0.3 is 0 Å². The second-order valence-electron chi connectivity index (χ2n) is 5.95. The number of aromatic nitrogens is 1. The molecular weight excluding hydrogens is 350 g/mol. The number of aliphatic hydroxyl groups excluding tert-OH is 4. The molecule has 25 heavy (non-hydrogen) atoms. The van der Waals surface area contributed by atoms with E-state index >= 15 is 0 Å². The number of benzene rings is 1. The zero-order chi connectivity index (χ0) is 18.0. The van der Waals surface area contributed by atoms with Crippen LogP contribution in [0.3, 0.4) is 0 Å². The van der Waals surface area contributed by atoms with Crippen LogP contribution < -0.4 is 5.56 Å². The third kappa shape index (κ3) is 3.93. The van der Waals surface area contributed by atoms with Gasteiger partial charge in [-0.05, 0) is 12.1 Å². The topological polar surface area (TPSA) is 121 Å². The fourth-order valence-electron chi connectivity index (χ4n) is 2.81. The Morgan fingerprint density at radius 2 is 2.00 bits per heavy atom. The second kappa shape index (κ2) is 7.92. The molecular formula is C16H21NO7S. The summed E-state index contributed by atoms with van der Waals surface area (Å²) in [5, 5.41) is 39.5. The van der Waals surface area contributed by atoms with Crippen molar-refractivity contribution in [2.75, 3.05) is 13.2 Å². The van der Waals surface area contributed by atoms with Crippen LogP contribution in [0.1, 0.15) is 6.42 Å². The molecule has 0 radical (unpaired) electrons. The Hall–Kier alpha value is -1.33. The lowest BCUT2D eigenvalue weighted by atomic mass is 10.0. The molecule has 0 spiro atoms. The van der Waals surface area contributed by atoms with Crippen molar-refractivity contribution in [2.45, 2.75) is 43.7 Å². The lowest BCUT2D eigenvalue weighted by Gasteiger charge is -2.25. The lowest BCUT2D eigenvalue weighted by molar-refractivity contribution is -0.225. The van der Waals surface area contributed by atoms with Crippen LogP contribution in [0.5, 0.6) is 0 Å². The van der Waals surface area contributed by atoms with Crippen molar-refractivity contribution in [3.8, 4) is 0 Å². The monoisotopic (exact) mass is 371 g/mol. The molecule has 1 aromatic heterocycles. The van der Waals surface area contributed by atoms with Crippen LogP contribution in [0.15, 0.2) is 29.1 Å². The Balaban J connectivity index is 1.63. The largest absolute Gasteiger partial charge is 0.394 e. The summed E-state index contributed by atoms with van der Waals surface area (Å²) in [7, 11) is 0. The van der Waals surface area contributed by atoms with Gasteiger partial charge < -0.3 is 29.9 Å². The van der Waals surface area contributed by atoms with Crippen molar-refractivity contribution in [3.63, 3.8) is 0 Å². The van der Waals surface area contributed by atoms with E-state index in [0.717, 1.165) is 4.70 Å². The first-order chi connectivity index (χ1) is 12.0. The number of hydrogen-bond acceptors (Lipinski definition) is 8. The van der Waals surface area contributed by atoms with Crippen LogP contribution in [0.25, 0.3) is 10.1 Å². The lowest BCUT2D eigenvalue weighted by Crippen LogP contribution is -2.40. The molecule has 138 valence electrons. The van der Waals surface area contributed by atoms with E-state index in [4.69, 9.17) is 9.47 Å². The molecule has 1 aromatic carbocycles. The number of aliphatic hydroxyl groups is 4. The van der Waals surface area contributed by atoms with Crippen LogP contribution >= 0.6 is 11.5 Å². The molecule has 2 aromatic rings. The summed E-state index contributed by atoms with van der Waals surface area (Å²) in [4.78, 5) is 12.3. The predicted molar refractivity (Wildman–Crippen MR) is 90.4 cm³/mol. The van der Waals surface area contributed by atoms with E-state index in [1.165, 1.54) is 11.5 Å². The van der Waals surface area contributed by atoms with Gasteiger partial charge in [0.1, 0.15) is 18.3 Å². The zero-order valence-electron chi connectivity index (χ0n) is 13.4. The molecule has 3 rings (SSSR count). The minimum Gasteiger partial charge on any atom is -0.394 e. The van der Waals surface area contributed by atoms with Gasteiger partial charge in [0.25, 0.3) is 5.56 Å². The van der Waals surface area contributed by atoms with E-state index in [-0.39, 0.29) is 25.1 Å². The highest BCUT2D eigenvalue weighted by atomic mass is 32.1. The van der Waals surface area contributed by atoms with Crippen molar-refractivity contribution in [3.05, 3.63) is 34.6 Å². The molecule has 5 atom stereocenters. The quantitative estimate of drug-likeness (QED) is 0.547. The summed E-state index contributed by atoms with van der Waals surface area (Å²) in [6, 6.07) is 7.29. The summed E-state index contributed by atoms with van der Waals surface area (Å²) >= 11 is 1.32. The third-order valence-electron chi connectivity index (χ3n) is 4.19. The van der Waals surface area contributed by atoms with Gasteiger partial charge in [-0.25, -0.2) is 0 Å². The van der Waals surface area contributed by atoms with Crippen molar-refractivity contribution in [1.29, 1.82) is 0 Å². The maximum absolute atomic E-state index is 12.3. The van der Waals surface area contributed by atoms with Crippen molar-refractivity contribution in [2.24, 2.45) is 0 Å². The molecule has 1 aliphatic rings. The fraction of sp³-hybridized carbons (Fsp3) is 0.562. The van der Waals surface area contributed by atoms with Gasteiger partial charge in [0, 0.05) is 6.42 Å². The highest BCUT2D eigenvalue weighted by molar-refractivity contribution is 7.13. The number of ether oxygens (including phenoxy) is 2. The minimum absolute atomic E-state index is 0.0960. The Bertz CT molecular complexity index is 760. The summed E-state index contributed by atoms with van der Waals surface area (Å²) in [5.74, 6) is 0. The number of rotatable bonds is 5. The third-order valence-corrected chi connectivity index (χ3v) is 5.31. The number of nitrogens with zero attached hydrogens (tertiary/aromatic N) is 1. The molecule has 2 heterocycles. The Kier molecular flexibility index (Phi) is 5.85. The van der Waals surface area contributed by atoms with E-state index in [9.17, 15) is 25.2 Å². The Morgan fingerprint density at radius 1 is 1.24 bits per heavy atom. The van der Waals surface area contributed by atoms with Gasteiger partial charge in [-0.2, -0.15) is 0 Å². The summed E-state index contributed by atoms with van der Waals surface area (Å²) in [5.41, 5.74) is -0.106. The highest BCUT2D eigenvalue weighted by Gasteiger charge is 2.38. The molecule has 0 bridgehead atoms. The van der Waals surface area contributed by atoms with Gasteiger partial charge in [-0.15, -0.1) is 0 Å². The summed E-state index contributed by atoms with van der Waals surface area (Å²) in [6.45, 7) is -0.140. The molecule has 4 N–H and O–H groups in total.